The molecule has 2 aromatic carbocycles. The number of amides is 2. The van der Waals surface area contributed by atoms with Crippen LogP contribution in [0.25, 0.3) is 0 Å². The van der Waals surface area contributed by atoms with Gasteiger partial charge in [0.15, 0.2) is 9.84 Å². The first-order chi connectivity index (χ1) is 18.0. The average molecular weight is 560 g/mol. The Bertz CT molecular complexity index is 1250. The smallest absolute Gasteiger partial charge is 0.251 e. The first-order valence-electron chi connectivity index (χ1n) is 13.4. The van der Waals surface area contributed by atoms with E-state index in [1.165, 1.54) is 0 Å². The van der Waals surface area contributed by atoms with Crippen LogP contribution in [0, 0.1) is 18.8 Å². The van der Waals surface area contributed by atoms with Crippen molar-refractivity contribution in [3.05, 3.63) is 64.7 Å². The summed E-state index contributed by atoms with van der Waals surface area (Å²) in [6.07, 6.45) is 2.78. The molecular weight excluding hydrogens is 522 g/mol. The fourth-order valence-electron chi connectivity index (χ4n) is 5.59. The lowest BCUT2D eigenvalue weighted by Crippen LogP contribution is -2.52. The van der Waals surface area contributed by atoms with E-state index in [0.29, 0.717) is 40.8 Å². The van der Waals surface area contributed by atoms with Crippen LogP contribution in [0.1, 0.15) is 55.5 Å². The van der Waals surface area contributed by atoms with Gasteiger partial charge in [-0.15, -0.1) is 0 Å². The van der Waals surface area contributed by atoms with Crippen molar-refractivity contribution in [1.29, 1.82) is 0 Å². The molecular formula is C29H38ClN3O4S. The Kier molecular flexibility index (Phi) is 9.16. The summed E-state index contributed by atoms with van der Waals surface area (Å²) in [6, 6.07) is 13.0. The van der Waals surface area contributed by atoms with Gasteiger partial charge in [0.05, 0.1) is 10.6 Å². The van der Waals surface area contributed by atoms with Crippen molar-refractivity contribution < 1.29 is 18.0 Å². The van der Waals surface area contributed by atoms with Crippen LogP contribution >= 0.6 is 11.6 Å². The van der Waals surface area contributed by atoms with Gasteiger partial charge < -0.3 is 15.5 Å². The van der Waals surface area contributed by atoms with Gasteiger partial charge in [0.2, 0.25) is 5.91 Å². The van der Waals surface area contributed by atoms with Gasteiger partial charge in [-0.2, -0.15) is 0 Å². The first kappa shape index (κ1) is 28.6. The molecule has 1 aliphatic heterocycles. The molecule has 0 unspecified atom stereocenters. The third-order valence-corrected chi connectivity index (χ3v) is 9.70. The minimum atomic E-state index is -3.53. The van der Waals surface area contributed by atoms with Crippen LogP contribution in [0.4, 0.5) is 0 Å². The summed E-state index contributed by atoms with van der Waals surface area (Å²) in [7, 11) is -3.53. The summed E-state index contributed by atoms with van der Waals surface area (Å²) in [5.41, 5.74) is 1.41. The molecule has 2 aromatic rings. The SMILES string of the molecule is Cc1ccc(S(=O)(=O)C[C@@H]2C[C@H](NCC(C)C)CC[C@@H]2N2CC[C@H](NC(=O)c3cccc(Cl)c3)C2=O)cc1. The molecule has 38 heavy (non-hydrogen) atoms. The predicted octanol–water partition coefficient (Wildman–Crippen LogP) is 4.24. The van der Waals surface area contributed by atoms with Crippen molar-refractivity contribution in [2.24, 2.45) is 11.8 Å². The zero-order valence-electron chi connectivity index (χ0n) is 22.3. The van der Waals surface area contributed by atoms with Gasteiger partial charge in [-0.25, -0.2) is 8.42 Å². The Morgan fingerprint density at radius 2 is 1.84 bits per heavy atom. The molecule has 7 nitrogen and oxygen atoms in total. The van der Waals surface area contributed by atoms with E-state index in [4.69, 9.17) is 11.6 Å². The van der Waals surface area contributed by atoms with Crippen LogP contribution in [0.15, 0.2) is 53.4 Å². The number of carbonyl (C=O) groups is 2. The van der Waals surface area contributed by atoms with Crippen molar-refractivity contribution in [2.45, 2.75) is 69.5 Å². The molecule has 1 aliphatic carbocycles. The first-order valence-corrected chi connectivity index (χ1v) is 15.5. The molecule has 0 radical (unpaired) electrons. The minimum Gasteiger partial charge on any atom is -0.340 e. The third kappa shape index (κ3) is 6.96. The van der Waals surface area contributed by atoms with Gasteiger partial charge in [0.25, 0.3) is 5.91 Å². The Balaban J connectivity index is 1.50. The van der Waals surface area contributed by atoms with Crippen molar-refractivity contribution in [3.63, 3.8) is 0 Å². The van der Waals surface area contributed by atoms with Gasteiger partial charge >= 0.3 is 0 Å². The summed E-state index contributed by atoms with van der Waals surface area (Å²) in [4.78, 5) is 28.4. The normalized spacial score (nSPS) is 24.1. The number of sulfone groups is 1. The van der Waals surface area contributed by atoms with Crippen molar-refractivity contribution in [2.75, 3.05) is 18.8 Å². The van der Waals surface area contributed by atoms with Crippen LogP contribution in [0.2, 0.25) is 5.02 Å². The number of carbonyl (C=O) groups excluding carboxylic acids is 2. The molecule has 1 saturated heterocycles. The number of hydrogen-bond acceptors (Lipinski definition) is 5. The molecule has 2 N–H and O–H groups in total. The summed E-state index contributed by atoms with van der Waals surface area (Å²) in [5.74, 6) is -0.203. The maximum Gasteiger partial charge on any atom is 0.251 e. The predicted molar refractivity (Wildman–Crippen MR) is 150 cm³/mol. The second-order valence-corrected chi connectivity index (χ2v) is 13.6. The molecule has 4 rings (SSSR count). The summed E-state index contributed by atoms with van der Waals surface area (Å²) < 4.78 is 26.9. The fraction of sp³-hybridized carbons (Fsp3) is 0.517. The summed E-state index contributed by atoms with van der Waals surface area (Å²) in [6.45, 7) is 7.60. The van der Waals surface area contributed by atoms with E-state index < -0.39 is 15.9 Å². The minimum absolute atomic E-state index is 0.0100. The molecule has 0 bridgehead atoms. The van der Waals surface area contributed by atoms with Gasteiger partial charge in [-0.1, -0.05) is 49.2 Å². The van der Waals surface area contributed by atoms with E-state index in [9.17, 15) is 18.0 Å². The number of halogens is 1. The zero-order valence-corrected chi connectivity index (χ0v) is 23.9. The number of likely N-dealkylation sites (tertiary alicyclic amines) is 1. The van der Waals surface area contributed by atoms with Crippen LogP contribution < -0.4 is 10.6 Å². The molecule has 0 aromatic heterocycles. The quantitative estimate of drug-likeness (QED) is 0.479. The Labute approximate surface area is 231 Å². The number of nitrogens with zero attached hydrogens (tertiary/aromatic N) is 1. The van der Waals surface area contributed by atoms with Crippen molar-refractivity contribution >= 4 is 33.3 Å². The van der Waals surface area contributed by atoms with Crippen molar-refractivity contribution in [1.82, 2.24) is 15.5 Å². The third-order valence-electron chi connectivity index (χ3n) is 7.60. The standard InChI is InChI=1S/C29H38ClN3O4S/c1-19(2)17-31-24-9-12-27(22(16-24)18-38(36,37)25-10-7-20(3)8-11-25)33-14-13-26(29(33)35)32-28(34)21-5-4-6-23(30)15-21/h4-8,10-11,15,19,22,24,26-27,31H,9,12-14,16-18H2,1-3H3,(H,32,34)/t22-,24+,26-,27-/m0/s1. The number of benzene rings is 2. The molecule has 1 saturated carbocycles. The zero-order chi connectivity index (χ0) is 27.4. The Hall–Kier alpha value is -2.42. The van der Waals surface area contributed by atoms with Gasteiger partial charge in [0.1, 0.15) is 6.04 Å². The number of hydrogen-bond donors (Lipinski definition) is 2. The highest BCUT2D eigenvalue weighted by Crippen LogP contribution is 2.34. The second kappa shape index (κ2) is 12.2. The number of aryl methyl sites for hydroxylation is 1. The molecule has 206 valence electrons. The number of nitrogens with one attached hydrogen (secondary N) is 2. The lowest BCUT2D eigenvalue weighted by molar-refractivity contribution is -0.132. The van der Waals surface area contributed by atoms with Crippen LogP contribution in [-0.4, -0.2) is 62.1 Å². The highest BCUT2D eigenvalue weighted by Gasteiger charge is 2.43. The maximum atomic E-state index is 13.5. The van der Waals surface area contributed by atoms with Gasteiger partial charge in [-0.05, 0) is 81.3 Å². The topological polar surface area (TPSA) is 95.6 Å². The number of rotatable bonds is 9. The van der Waals surface area contributed by atoms with E-state index in [0.717, 1.165) is 24.9 Å². The monoisotopic (exact) mass is 559 g/mol. The van der Waals surface area contributed by atoms with E-state index in [-0.39, 0.29) is 35.6 Å². The van der Waals surface area contributed by atoms with E-state index in [1.807, 2.05) is 24.0 Å². The second-order valence-electron chi connectivity index (χ2n) is 11.1. The molecule has 2 fully saturated rings. The molecule has 4 atom stereocenters. The largest absolute Gasteiger partial charge is 0.340 e. The molecule has 0 spiro atoms. The van der Waals surface area contributed by atoms with Crippen LogP contribution in [0.5, 0.6) is 0 Å². The van der Waals surface area contributed by atoms with E-state index in [1.54, 1.807) is 36.4 Å². The molecule has 9 heteroatoms. The molecule has 2 aliphatic rings. The Morgan fingerprint density at radius 3 is 2.53 bits per heavy atom. The maximum absolute atomic E-state index is 13.5. The van der Waals surface area contributed by atoms with Gasteiger partial charge in [-0.3, -0.25) is 9.59 Å². The van der Waals surface area contributed by atoms with Gasteiger partial charge in [0, 0.05) is 29.2 Å². The lowest BCUT2D eigenvalue weighted by Gasteiger charge is -2.41. The highest BCUT2D eigenvalue weighted by molar-refractivity contribution is 7.91. The molecule has 1 heterocycles. The summed E-state index contributed by atoms with van der Waals surface area (Å²) in [5, 5.41) is 6.91. The lowest BCUT2D eigenvalue weighted by atomic mass is 9.81. The Morgan fingerprint density at radius 1 is 1.11 bits per heavy atom. The highest BCUT2D eigenvalue weighted by atomic mass is 35.5. The van der Waals surface area contributed by atoms with Crippen molar-refractivity contribution in [3.8, 4) is 0 Å². The molecule has 2 amide bonds. The van der Waals surface area contributed by atoms with Crippen LogP contribution in [-0.2, 0) is 14.6 Å². The van der Waals surface area contributed by atoms with E-state index in [2.05, 4.69) is 24.5 Å². The van der Waals surface area contributed by atoms with E-state index >= 15 is 0 Å². The fourth-order valence-corrected chi connectivity index (χ4v) is 7.44. The van der Waals surface area contributed by atoms with Crippen LogP contribution in [0.3, 0.4) is 0 Å². The average Bonchev–Trinajstić information content (AvgIpc) is 3.22. The summed E-state index contributed by atoms with van der Waals surface area (Å²) >= 11 is 6.02.